The summed E-state index contributed by atoms with van der Waals surface area (Å²) in [7, 11) is 0. The maximum absolute atomic E-state index is 9.89. The van der Waals surface area contributed by atoms with Crippen molar-refractivity contribution in [3.05, 3.63) is 36.5 Å². The summed E-state index contributed by atoms with van der Waals surface area (Å²) in [6.07, 6.45) is 13.5. The quantitative estimate of drug-likeness (QED) is 0.425. The highest BCUT2D eigenvalue weighted by Gasteiger charge is 1.95. The molecule has 0 saturated heterocycles. The minimum Gasteiger partial charge on any atom is -0.303 e. The third kappa shape index (κ3) is 2.02. The highest BCUT2D eigenvalue weighted by atomic mass is 16.1. The molecule has 1 nitrogen and oxygen atoms in total. The van der Waals surface area contributed by atoms with Gasteiger partial charge < -0.3 is 4.79 Å². The largest absolute Gasteiger partial charge is 0.303 e. The van der Waals surface area contributed by atoms with Crippen molar-refractivity contribution in [2.75, 3.05) is 0 Å². The Balaban J connectivity index is 2.30. The van der Waals surface area contributed by atoms with Crippen LogP contribution in [0, 0.1) is 5.92 Å². The van der Waals surface area contributed by atoms with Crippen molar-refractivity contribution in [2.45, 2.75) is 6.42 Å². The highest BCUT2D eigenvalue weighted by Crippen LogP contribution is 2.09. The molecule has 0 bridgehead atoms. The predicted octanol–water partition coefficient (Wildman–Crippen LogP) is 1.87. The van der Waals surface area contributed by atoms with Crippen LogP contribution < -0.4 is 0 Å². The number of hydrogen-bond donors (Lipinski definition) is 0. The Bertz CT molecular complexity index is 175. The van der Waals surface area contributed by atoms with E-state index < -0.39 is 0 Å². The molecule has 0 aromatic carbocycles. The Morgan fingerprint density at radius 1 is 1.30 bits per heavy atom. The minimum absolute atomic E-state index is 0.417. The summed E-state index contributed by atoms with van der Waals surface area (Å²) in [5, 5.41) is 0. The molecule has 0 fully saturated rings. The molecular formula is C9H10O. The Morgan fingerprint density at radius 3 is 2.60 bits per heavy atom. The standard InChI is InChI=1S/C9H10O/c10-8-4-3-7-9-5-1-2-6-9/h1-3,5-9H,4H2. The fraction of sp³-hybridized carbons (Fsp3) is 0.222. The zero-order valence-electron chi connectivity index (χ0n) is 5.73. The number of hydrogen-bond acceptors (Lipinski definition) is 1. The fourth-order valence-corrected chi connectivity index (χ4v) is 0.869. The molecule has 1 aliphatic rings. The van der Waals surface area contributed by atoms with Gasteiger partial charge in [-0.3, -0.25) is 0 Å². The Hall–Kier alpha value is -1.11. The van der Waals surface area contributed by atoms with Crippen LogP contribution in [0.3, 0.4) is 0 Å². The van der Waals surface area contributed by atoms with Crippen LogP contribution in [0.15, 0.2) is 36.5 Å². The predicted molar refractivity (Wildman–Crippen MR) is 41.6 cm³/mol. The maximum atomic E-state index is 9.89. The smallest absolute Gasteiger partial charge is 0.123 e. The second-order valence-electron chi connectivity index (χ2n) is 2.18. The summed E-state index contributed by atoms with van der Waals surface area (Å²) in [5.74, 6) is 0.417. The molecule has 10 heavy (non-hydrogen) atoms. The minimum atomic E-state index is 0.417. The van der Waals surface area contributed by atoms with E-state index in [-0.39, 0.29) is 0 Å². The van der Waals surface area contributed by atoms with Crippen LogP contribution in [0.1, 0.15) is 6.42 Å². The van der Waals surface area contributed by atoms with Gasteiger partial charge in [-0.25, -0.2) is 0 Å². The normalized spacial score (nSPS) is 17.2. The molecule has 0 heterocycles. The van der Waals surface area contributed by atoms with E-state index >= 15 is 0 Å². The number of allylic oxidation sites excluding steroid dienone is 6. The van der Waals surface area contributed by atoms with E-state index in [9.17, 15) is 4.79 Å². The van der Waals surface area contributed by atoms with Crippen molar-refractivity contribution >= 4 is 6.29 Å². The molecule has 0 unspecified atom stereocenters. The fourth-order valence-electron chi connectivity index (χ4n) is 0.869. The van der Waals surface area contributed by atoms with E-state index in [1.807, 2.05) is 24.3 Å². The van der Waals surface area contributed by atoms with Crippen molar-refractivity contribution in [2.24, 2.45) is 5.92 Å². The molecule has 0 amide bonds. The van der Waals surface area contributed by atoms with Gasteiger partial charge >= 0.3 is 0 Å². The monoisotopic (exact) mass is 134 g/mol. The first-order valence-electron chi connectivity index (χ1n) is 3.39. The average Bonchev–Trinajstić information content (AvgIpc) is 2.41. The van der Waals surface area contributed by atoms with Crippen LogP contribution >= 0.6 is 0 Å². The lowest BCUT2D eigenvalue weighted by atomic mass is 10.1. The van der Waals surface area contributed by atoms with Crippen molar-refractivity contribution in [1.82, 2.24) is 0 Å². The topological polar surface area (TPSA) is 17.1 Å². The van der Waals surface area contributed by atoms with Gasteiger partial charge in [-0.05, 0) is 0 Å². The van der Waals surface area contributed by atoms with Gasteiger partial charge in [0.25, 0.3) is 0 Å². The second-order valence-corrected chi connectivity index (χ2v) is 2.18. The molecule has 1 aliphatic carbocycles. The summed E-state index contributed by atoms with van der Waals surface area (Å²) in [6.45, 7) is 0. The lowest BCUT2D eigenvalue weighted by molar-refractivity contribution is -0.107. The molecule has 1 rings (SSSR count). The second kappa shape index (κ2) is 3.83. The lowest BCUT2D eigenvalue weighted by Crippen LogP contribution is -1.80. The summed E-state index contributed by atoms with van der Waals surface area (Å²) in [4.78, 5) is 9.89. The number of aldehydes is 1. The molecule has 0 spiro atoms. The van der Waals surface area contributed by atoms with Gasteiger partial charge in [0.2, 0.25) is 0 Å². The number of carbonyl (C=O) groups is 1. The van der Waals surface area contributed by atoms with Gasteiger partial charge in [-0.15, -0.1) is 0 Å². The summed E-state index contributed by atoms with van der Waals surface area (Å²) >= 11 is 0. The molecule has 0 aromatic rings. The van der Waals surface area contributed by atoms with Gasteiger partial charge in [0, 0.05) is 12.3 Å². The van der Waals surface area contributed by atoms with Crippen LogP contribution in [0.25, 0.3) is 0 Å². The van der Waals surface area contributed by atoms with Gasteiger partial charge in [0.15, 0.2) is 0 Å². The van der Waals surface area contributed by atoms with E-state index in [0.29, 0.717) is 12.3 Å². The first kappa shape index (κ1) is 7.00. The molecule has 0 aliphatic heterocycles. The van der Waals surface area contributed by atoms with Gasteiger partial charge in [-0.2, -0.15) is 0 Å². The zero-order chi connectivity index (χ0) is 7.23. The molecule has 0 saturated carbocycles. The van der Waals surface area contributed by atoms with Gasteiger partial charge in [0.1, 0.15) is 6.29 Å². The van der Waals surface area contributed by atoms with Gasteiger partial charge in [0.05, 0.1) is 0 Å². The molecular weight excluding hydrogens is 124 g/mol. The first-order valence-corrected chi connectivity index (χ1v) is 3.39. The lowest BCUT2D eigenvalue weighted by Gasteiger charge is -1.91. The molecule has 52 valence electrons. The third-order valence-electron chi connectivity index (χ3n) is 1.37. The summed E-state index contributed by atoms with van der Waals surface area (Å²) in [5.41, 5.74) is 0. The van der Waals surface area contributed by atoms with E-state index in [2.05, 4.69) is 12.2 Å². The van der Waals surface area contributed by atoms with Crippen LogP contribution in [0.2, 0.25) is 0 Å². The first-order chi connectivity index (χ1) is 4.93. The summed E-state index contributed by atoms with van der Waals surface area (Å²) < 4.78 is 0. The molecule has 1 heteroatoms. The highest BCUT2D eigenvalue weighted by molar-refractivity contribution is 5.52. The van der Waals surface area contributed by atoms with Gasteiger partial charge in [-0.1, -0.05) is 36.5 Å². The van der Waals surface area contributed by atoms with E-state index in [1.165, 1.54) is 0 Å². The van der Waals surface area contributed by atoms with Crippen LogP contribution in [-0.2, 0) is 4.79 Å². The number of carbonyl (C=O) groups excluding carboxylic acids is 1. The third-order valence-corrected chi connectivity index (χ3v) is 1.37. The Labute approximate surface area is 60.7 Å². The number of rotatable bonds is 3. The Morgan fingerprint density at radius 2 is 2.00 bits per heavy atom. The van der Waals surface area contributed by atoms with E-state index in [1.54, 1.807) is 0 Å². The van der Waals surface area contributed by atoms with Crippen LogP contribution in [-0.4, -0.2) is 6.29 Å². The van der Waals surface area contributed by atoms with Crippen LogP contribution in [0.4, 0.5) is 0 Å². The van der Waals surface area contributed by atoms with E-state index in [0.717, 1.165) is 6.29 Å². The van der Waals surface area contributed by atoms with E-state index in [4.69, 9.17) is 0 Å². The van der Waals surface area contributed by atoms with Crippen molar-refractivity contribution in [1.29, 1.82) is 0 Å². The van der Waals surface area contributed by atoms with Crippen molar-refractivity contribution < 1.29 is 4.79 Å². The SMILES string of the molecule is O=CCC=CC1C=CC=C1. The zero-order valence-corrected chi connectivity index (χ0v) is 5.73. The van der Waals surface area contributed by atoms with Crippen molar-refractivity contribution in [3.8, 4) is 0 Å². The molecule has 0 atom stereocenters. The van der Waals surface area contributed by atoms with Crippen molar-refractivity contribution in [3.63, 3.8) is 0 Å². The average molecular weight is 134 g/mol. The molecule has 0 N–H and O–H groups in total. The molecule has 0 radical (unpaired) electrons. The Kier molecular flexibility index (Phi) is 2.68. The molecule has 0 aromatic heterocycles. The summed E-state index contributed by atoms with van der Waals surface area (Å²) in [6, 6.07) is 0. The maximum Gasteiger partial charge on any atom is 0.123 e. The van der Waals surface area contributed by atoms with Crippen LogP contribution in [0.5, 0.6) is 0 Å².